The van der Waals surface area contributed by atoms with E-state index in [1.165, 1.54) is 6.07 Å². The van der Waals surface area contributed by atoms with Crippen molar-refractivity contribution in [2.75, 3.05) is 5.32 Å². The van der Waals surface area contributed by atoms with E-state index in [0.717, 1.165) is 6.07 Å². The van der Waals surface area contributed by atoms with Gasteiger partial charge in [-0.05, 0) is 25.0 Å². The molecule has 0 aromatic heterocycles. The number of hydrogen-bond donors (Lipinski definition) is 2. The fourth-order valence-electron chi connectivity index (χ4n) is 2.19. The average molecular weight is 319 g/mol. The molecule has 1 aliphatic rings. The Kier molecular flexibility index (Phi) is 4.46. The molecule has 3 nitrogen and oxygen atoms in total. The Bertz CT molecular complexity index is 572. The molecule has 0 saturated heterocycles. The Morgan fingerprint density at radius 2 is 2.14 bits per heavy atom. The largest absolute Gasteiger partial charge is 0.417 e. The Morgan fingerprint density at radius 1 is 1.43 bits per heavy atom. The number of allylic oxidation sites excluding steroid dienone is 1. The molecule has 0 spiro atoms. The van der Waals surface area contributed by atoms with Crippen molar-refractivity contribution in [3.05, 3.63) is 40.9 Å². The number of alkyl halides is 3. The minimum atomic E-state index is -4.52. The van der Waals surface area contributed by atoms with Crippen LogP contribution in [-0.2, 0) is 17.5 Å². The number of nitrogens with one attached hydrogen (secondary N) is 2. The topological polar surface area (TPSA) is 41.1 Å². The molecule has 1 aromatic carbocycles. The molecule has 21 heavy (non-hydrogen) atoms. The van der Waals surface area contributed by atoms with Gasteiger partial charge in [-0.25, -0.2) is 0 Å². The summed E-state index contributed by atoms with van der Waals surface area (Å²) < 4.78 is 38.5. The normalized spacial score (nSPS) is 18.3. The summed E-state index contributed by atoms with van der Waals surface area (Å²) in [6, 6.07) is 1.72. The molecule has 1 heterocycles. The molecule has 1 aromatic rings. The van der Waals surface area contributed by atoms with Crippen LogP contribution in [0.25, 0.3) is 0 Å². The van der Waals surface area contributed by atoms with Crippen LogP contribution in [0.5, 0.6) is 0 Å². The molecular formula is C14H14ClF3N2O. The van der Waals surface area contributed by atoms with Crippen molar-refractivity contribution in [1.82, 2.24) is 5.32 Å². The lowest BCUT2D eigenvalue weighted by Gasteiger charge is -2.17. The summed E-state index contributed by atoms with van der Waals surface area (Å²) in [5, 5.41) is 5.17. The molecule has 1 unspecified atom stereocenters. The lowest BCUT2D eigenvalue weighted by atomic mass is 10.1. The van der Waals surface area contributed by atoms with Gasteiger partial charge in [0.15, 0.2) is 0 Å². The SMILES string of the molecule is C=CCCC1Nc2ccc(C(F)(F)F)c(Cl)c2CNC1=O. The van der Waals surface area contributed by atoms with Gasteiger partial charge in [0.2, 0.25) is 5.91 Å². The maximum atomic E-state index is 12.8. The highest BCUT2D eigenvalue weighted by Gasteiger charge is 2.35. The highest BCUT2D eigenvalue weighted by Crippen LogP contribution is 2.39. The molecule has 2 rings (SSSR count). The zero-order valence-electron chi connectivity index (χ0n) is 11.1. The van der Waals surface area contributed by atoms with Crippen molar-refractivity contribution < 1.29 is 18.0 Å². The predicted octanol–water partition coefficient (Wildman–Crippen LogP) is 3.74. The van der Waals surface area contributed by atoms with E-state index in [1.807, 2.05) is 0 Å². The van der Waals surface area contributed by atoms with Crippen molar-refractivity contribution in [1.29, 1.82) is 0 Å². The van der Waals surface area contributed by atoms with E-state index in [2.05, 4.69) is 17.2 Å². The number of hydrogen-bond acceptors (Lipinski definition) is 2. The molecule has 0 saturated carbocycles. The minimum Gasteiger partial charge on any atom is -0.373 e. The Balaban J connectivity index is 2.37. The van der Waals surface area contributed by atoms with E-state index in [1.54, 1.807) is 6.08 Å². The first-order chi connectivity index (χ1) is 9.84. The zero-order valence-corrected chi connectivity index (χ0v) is 11.8. The van der Waals surface area contributed by atoms with E-state index < -0.39 is 17.8 Å². The number of halogens is 4. The smallest absolute Gasteiger partial charge is 0.373 e. The number of benzene rings is 1. The minimum absolute atomic E-state index is 0.0332. The predicted molar refractivity (Wildman–Crippen MR) is 75.1 cm³/mol. The highest BCUT2D eigenvalue weighted by molar-refractivity contribution is 6.32. The third kappa shape index (κ3) is 3.32. The van der Waals surface area contributed by atoms with Crippen LogP contribution in [0.15, 0.2) is 24.8 Å². The van der Waals surface area contributed by atoms with Crippen LogP contribution < -0.4 is 10.6 Å². The third-order valence-electron chi connectivity index (χ3n) is 3.29. The molecule has 7 heteroatoms. The third-order valence-corrected chi connectivity index (χ3v) is 3.73. The molecule has 114 valence electrons. The summed E-state index contributed by atoms with van der Waals surface area (Å²) in [4.78, 5) is 11.9. The van der Waals surface area contributed by atoms with Crippen LogP contribution in [0.2, 0.25) is 5.02 Å². The number of fused-ring (bicyclic) bond motifs is 1. The first-order valence-corrected chi connectivity index (χ1v) is 6.76. The molecular weight excluding hydrogens is 305 g/mol. The van der Waals surface area contributed by atoms with E-state index >= 15 is 0 Å². The number of anilines is 1. The van der Waals surface area contributed by atoms with Crippen LogP contribution in [0.3, 0.4) is 0 Å². The summed E-state index contributed by atoms with van der Waals surface area (Å²) in [5.74, 6) is -0.266. The van der Waals surface area contributed by atoms with Gasteiger partial charge >= 0.3 is 6.18 Å². The van der Waals surface area contributed by atoms with Crippen LogP contribution in [-0.4, -0.2) is 11.9 Å². The first kappa shape index (κ1) is 15.7. The van der Waals surface area contributed by atoms with E-state index in [4.69, 9.17) is 11.6 Å². The molecule has 0 bridgehead atoms. The summed E-state index contributed by atoms with van der Waals surface area (Å²) in [6.07, 6.45) is -1.71. The average Bonchev–Trinajstić information content (AvgIpc) is 2.55. The molecule has 0 fully saturated rings. The second kappa shape index (κ2) is 5.97. The standard InChI is InChI=1S/C14H14ClF3N2O/c1-2-3-4-11-13(21)19-7-8-10(20-11)6-5-9(12(8)15)14(16,17)18/h2,5-6,11,20H,1,3-4,7H2,(H,19,21). The van der Waals surface area contributed by atoms with Gasteiger partial charge in [-0.3, -0.25) is 4.79 Å². The molecule has 1 aliphatic heterocycles. The van der Waals surface area contributed by atoms with Gasteiger partial charge in [-0.2, -0.15) is 13.2 Å². The van der Waals surface area contributed by atoms with Gasteiger partial charge in [0.1, 0.15) is 6.04 Å². The van der Waals surface area contributed by atoms with Crippen molar-refractivity contribution in [3.63, 3.8) is 0 Å². The lowest BCUT2D eigenvalue weighted by Crippen LogP contribution is -2.36. The van der Waals surface area contributed by atoms with E-state index in [-0.39, 0.29) is 23.0 Å². The number of amides is 1. The van der Waals surface area contributed by atoms with Gasteiger partial charge in [-0.1, -0.05) is 17.7 Å². The van der Waals surface area contributed by atoms with Gasteiger partial charge in [0, 0.05) is 17.8 Å². The van der Waals surface area contributed by atoms with E-state index in [9.17, 15) is 18.0 Å². The van der Waals surface area contributed by atoms with Crippen molar-refractivity contribution >= 4 is 23.2 Å². The molecule has 0 aliphatic carbocycles. The maximum Gasteiger partial charge on any atom is 0.417 e. The van der Waals surface area contributed by atoms with Gasteiger partial charge < -0.3 is 10.6 Å². The van der Waals surface area contributed by atoms with Gasteiger partial charge in [0.05, 0.1) is 10.6 Å². The molecule has 1 atom stereocenters. The molecule has 2 N–H and O–H groups in total. The monoisotopic (exact) mass is 318 g/mol. The van der Waals surface area contributed by atoms with Crippen molar-refractivity contribution in [3.8, 4) is 0 Å². The maximum absolute atomic E-state index is 12.8. The highest BCUT2D eigenvalue weighted by atomic mass is 35.5. The zero-order chi connectivity index (χ0) is 15.6. The summed E-state index contributed by atoms with van der Waals surface area (Å²) in [7, 11) is 0. The van der Waals surface area contributed by atoms with Gasteiger partial charge in [-0.15, -0.1) is 6.58 Å². The van der Waals surface area contributed by atoms with Gasteiger partial charge in [0.25, 0.3) is 0 Å². The number of rotatable bonds is 3. The fourth-order valence-corrected chi connectivity index (χ4v) is 2.53. The van der Waals surface area contributed by atoms with Crippen LogP contribution in [0.1, 0.15) is 24.0 Å². The summed E-state index contributed by atoms with van der Waals surface area (Å²) in [6.45, 7) is 3.55. The number of carbonyl (C=O) groups is 1. The second-order valence-electron chi connectivity index (χ2n) is 4.73. The lowest BCUT2D eigenvalue weighted by molar-refractivity contribution is -0.137. The van der Waals surface area contributed by atoms with Crippen LogP contribution in [0, 0.1) is 0 Å². The van der Waals surface area contributed by atoms with Crippen LogP contribution >= 0.6 is 11.6 Å². The number of carbonyl (C=O) groups excluding carboxylic acids is 1. The second-order valence-corrected chi connectivity index (χ2v) is 5.11. The van der Waals surface area contributed by atoms with E-state index in [0.29, 0.717) is 18.5 Å². The summed E-state index contributed by atoms with van der Waals surface area (Å²) >= 11 is 5.86. The first-order valence-electron chi connectivity index (χ1n) is 6.38. The van der Waals surface area contributed by atoms with Crippen molar-refractivity contribution in [2.24, 2.45) is 0 Å². The molecule has 0 radical (unpaired) electrons. The molecule has 1 amide bonds. The quantitative estimate of drug-likeness (QED) is 0.834. The van der Waals surface area contributed by atoms with Crippen molar-refractivity contribution in [2.45, 2.75) is 31.6 Å². The Labute approximate surface area is 125 Å². The Hall–Kier alpha value is -1.69. The fraction of sp³-hybridized carbons (Fsp3) is 0.357. The van der Waals surface area contributed by atoms with Crippen LogP contribution in [0.4, 0.5) is 18.9 Å². The summed E-state index contributed by atoms with van der Waals surface area (Å²) in [5.41, 5.74) is -0.204. The Morgan fingerprint density at radius 3 is 2.76 bits per heavy atom.